The molecule has 1 aliphatic rings. The molecular formula is C9H20N2O. The van der Waals surface area contributed by atoms with Crippen LogP contribution in [0.15, 0.2) is 0 Å². The van der Waals surface area contributed by atoms with Crippen LogP contribution in [0.25, 0.3) is 0 Å². The first-order valence-corrected chi connectivity index (χ1v) is 4.80. The highest BCUT2D eigenvalue weighted by Gasteiger charge is 2.19. The van der Waals surface area contributed by atoms with Crippen LogP contribution in [0.2, 0.25) is 0 Å². The first-order chi connectivity index (χ1) is 5.83. The summed E-state index contributed by atoms with van der Waals surface area (Å²) in [6.07, 6.45) is 3.06. The van der Waals surface area contributed by atoms with Gasteiger partial charge in [0.15, 0.2) is 0 Å². The predicted octanol–water partition coefficient (Wildman–Crippen LogP) is 0.363. The zero-order chi connectivity index (χ0) is 8.81. The fourth-order valence-electron chi connectivity index (χ4n) is 1.04. The molecule has 3 heteroatoms. The molecule has 72 valence electrons. The maximum atomic E-state index is 5.11. The Morgan fingerprint density at radius 1 is 1.42 bits per heavy atom. The molecule has 1 saturated carbocycles. The van der Waals surface area contributed by atoms with E-state index in [1.54, 1.807) is 7.11 Å². The van der Waals surface area contributed by atoms with Gasteiger partial charge in [0.05, 0.1) is 6.10 Å². The Labute approximate surface area is 74.9 Å². The van der Waals surface area contributed by atoms with Gasteiger partial charge in [0.25, 0.3) is 0 Å². The zero-order valence-electron chi connectivity index (χ0n) is 8.10. The Balaban J connectivity index is 1.75. The van der Waals surface area contributed by atoms with Crippen LogP contribution in [0.5, 0.6) is 0 Å². The van der Waals surface area contributed by atoms with E-state index in [4.69, 9.17) is 4.74 Å². The summed E-state index contributed by atoms with van der Waals surface area (Å²) in [5.41, 5.74) is 0. The molecule has 0 aliphatic heterocycles. The fraction of sp³-hybridized carbons (Fsp3) is 1.00. The van der Waals surface area contributed by atoms with Gasteiger partial charge in [-0.15, -0.1) is 0 Å². The SMILES string of the molecule is COC(C)CNCCNC1CC1. The van der Waals surface area contributed by atoms with Gasteiger partial charge < -0.3 is 15.4 Å². The molecule has 0 radical (unpaired) electrons. The molecule has 12 heavy (non-hydrogen) atoms. The van der Waals surface area contributed by atoms with Gasteiger partial charge in [0, 0.05) is 32.8 Å². The summed E-state index contributed by atoms with van der Waals surface area (Å²) in [4.78, 5) is 0. The minimum absolute atomic E-state index is 0.325. The summed E-state index contributed by atoms with van der Waals surface area (Å²) in [5, 5.41) is 6.78. The van der Waals surface area contributed by atoms with Crippen LogP contribution in [0.4, 0.5) is 0 Å². The van der Waals surface area contributed by atoms with Gasteiger partial charge >= 0.3 is 0 Å². The van der Waals surface area contributed by atoms with Gasteiger partial charge in [-0.05, 0) is 19.8 Å². The molecule has 0 spiro atoms. The molecule has 0 saturated heterocycles. The van der Waals surface area contributed by atoms with Crippen molar-refractivity contribution in [3.05, 3.63) is 0 Å². The monoisotopic (exact) mass is 172 g/mol. The fourth-order valence-corrected chi connectivity index (χ4v) is 1.04. The summed E-state index contributed by atoms with van der Waals surface area (Å²) in [6.45, 7) is 5.15. The third-order valence-electron chi connectivity index (χ3n) is 2.15. The number of hydrogen-bond donors (Lipinski definition) is 2. The zero-order valence-corrected chi connectivity index (χ0v) is 8.10. The van der Waals surface area contributed by atoms with E-state index >= 15 is 0 Å². The number of hydrogen-bond acceptors (Lipinski definition) is 3. The normalized spacial score (nSPS) is 19.5. The second-order valence-corrected chi connectivity index (χ2v) is 3.48. The molecule has 1 aliphatic carbocycles. The van der Waals surface area contributed by atoms with E-state index in [1.165, 1.54) is 12.8 Å². The minimum Gasteiger partial charge on any atom is -0.380 e. The smallest absolute Gasteiger partial charge is 0.0667 e. The van der Waals surface area contributed by atoms with Crippen molar-refractivity contribution in [2.75, 3.05) is 26.7 Å². The molecule has 1 rings (SSSR count). The molecule has 0 amide bonds. The molecule has 0 aromatic carbocycles. The summed E-state index contributed by atoms with van der Waals surface area (Å²) < 4.78 is 5.11. The van der Waals surface area contributed by atoms with Crippen molar-refractivity contribution in [2.24, 2.45) is 0 Å². The topological polar surface area (TPSA) is 33.3 Å². The summed E-state index contributed by atoms with van der Waals surface area (Å²) >= 11 is 0. The largest absolute Gasteiger partial charge is 0.380 e. The summed E-state index contributed by atoms with van der Waals surface area (Å²) in [5.74, 6) is 0. The van der Waals surface area contributed by atoms with E-state index in [-0.39, 0.29) is 0 Å². The van der Waals surface area contributed by atoms with E-state index in [0.29, 0.717) is 6.10 Å². The van der Waals surface area contributed by atoms with E-state index in [9.17, 15) is 0 Å². The molecule has 2 N–H and O–H groups in total. The van der Waals surface area contributed by atoms with Gasteiger partial charge in [-0.3, -0.25) is 0 Å². The Morgan fingerprint density at radius 3 is 2.75 bits per heavy atom. The van der Waals surface area contributed by atoms with E-state index in [2.05, 4.69) is 17.6 Å². The van der Waals surface area contributed by atoms with E-state index < -0.39 is 0 Å². The molecule has 0 aromatic heterocycles. The highest BCUT2D eigenvalue weighted by Crippen LogP contribution is 2.17. The average molecular weight is 172 g/mol. The molecule has 0 bridgehead atoms. The quantitative estimate of drug-likeness (QED) is 0.544. The summed E-state index contributed by atoms with van der Waals surface area (Å²) in [6, 6.07) is 0.826. The van der Waals surface area contributed by atoms with Crippen molar-refractivity contribution in [1.82, 2.24) is 10.6 Å². The van der Waals surface area contributed by atoms with Crippen LogP contribution in [0.3, 0.4) is 0 Å². The molecule has 0 aromatic rings. The van der Waals surface area contributed by atoms with Gasteiger partial charge in [0.1, 0.15) is 0 Å². The van der Waals surface area contributed by atoms with Crippen LogP contribution in [0.1, 0.15) is 19.8 Å². The lowest BCUT2D eigenvalue weighted by atomic mass is 10.4. The van der Waals surface area contributed by atoms with Gasteiger partial charge in [-0.1, -0.05) is 0 Å². The number of ether oxygens (including phenoxy) is 1. The Kier molecular flexibility index (Phi) is 4.58. The molecular weight excluding hydrogens is 152 g/mol. The predicted molar refractivity (Wildman–Crippen MR) is 50.4 cm³/mol. The number of methoxy groups -OCH3 is 1. The molecule has 1 unspecified atom stereocenters. The second-order valence-electron chi connectivity index (χ2n) is 3.48. The first-order valence-electron chi connectivity index (χ1n) is 4.80. The summed E-state index contributed by atoms with van der Waals surface area (Å²) in [7, 11) is 1.74. The molecule has 3 nitrogen and oxygen atoms in total. The van der Waals surface area contributed by atoms with Gasteiger partial charge in [-0.25, -0.2) is 0 Å². The van der Waals surface area contributed by atoms with Crippen LogP contribution in [-0.4, -0.2) is 38.9 Å². The lowest BCUT2D eigenvalue weighted by Gasteiger charge is -2.10. The Morgan fingerprint density at radius 2 is 2.17 bits per heavy atom. The Hall–Kier alpha value is -0.120. The molecule has 0 heterocycles. The number of nitrogens with one attached hydrogen (secondary N) is 2. The lowest BCUT2D eigenvalue weighted by molar-refractivity contribution is 0.117. The van der Waals surface area contributed by atoms with Crippen molar-refractivity contribution in [3.63, 3.8) is 0 Å². The highest BCUT2D eigenvalue weighted by atomic mass is 16.5. The molecule has 1 fully saturated rings. The van der Waals surface area contributed by atoms with Gasteiger partial charge in [-0.2, -0.15) is 0 Å². The average Bonchev–Trinajstić information content (AvgIpc) is 2.87. The van der Waals surface area contributed by atoms with E-state index in [0.717, 1.165) is 25.7 Å². The van der Waals surface area contributed by atoms with Crippen molar-refractivity contribution in [1.29, 1.82) is 0 Å². The standard InChI is InChI=1S/C9H20N2O/c1-8(12-2)7-10-5-6-11-9-3-4-9/h8-11H,3-7H2,1-2H3. The first kappa shape index (κ1) is 9.96. The van der Waals surface area contributed by atoms with Crippen molar-refractivity contribution >= 4 is 0 Å². The maximum Gasteiger partial charge on any atom is 0.0667 e. The lowest BCUT2D eigenvalue weighted by Crippen LogP contribution is -2.33. The second kappa shape index (κ2) is 5.51. The van der Waals surface area contributed by atoms with E-state index in [1.807, 2.05) is 0 Å². The van der Waals surface area contributed by atoms with Crippen LogP contribution < -0.4 is 10.6 Å². The van der Waals surface area contributed by atoms with Crippen LogP contribution in [0, 0.1) is 0 Å². The molecule has 1 atom stereocenters. The maximum absolute atomic E-state index is 5.11. The van der Waals surface area contributed by atoms with Gasteiger partial charge in [0.2, 0.25) is 0 Å². The van der Waals surface area contributed by atoms with Crippen molar-refractivity contribution in [3.8, 4) is 0 Å². The number of rotatable bonds is 7. The third kappa shape index (κ3) is 4.70. The van der Waals surface area contributed by atoms with Crippen LogP contribution in [-0.2, 0) is 4.74 Å². The minimum atomic E-state index is 0.325. The highest BCUT2D eigenvalue weighted by molar-refractivity contribution is 4.80. The third-order valence-corrected chi connectivity index (χ3v) is 2.15. The Bertz CT molecular complexity index is 115. The van der Waals surface area contributed by atoms with Crippen LogP contribution >= 0.6 is 0 Å². The van der Waals surface area contributed by atoms with Crippen molar-refractivity contribution in [2.45, 2.75) is 31.9 Å². The van der Waals surface area contributed by atoms with Crippen molar-refractivity contribution < 1.29 is 4.74 Å².